The van der Waals surface area contributed by atoms with Crippen LogP contribution >= 0.6 is 24.8 Å². The SMILES string of the molecule is C1=C(c2ncnc3[nH]ccc23)CCNC1.Cl.Cl. The first-order chi connectivity index (χ1) is 7.45. The highest BCUT2D eigenvalue weighted by molar-refractivity contribution is 5.88. The lowest BCUT2D eigenvalue weighted by molar-refractivity contribution is 0.737. The zero-order valence-corrected chi connectivity index (χ0v) is 10.8. The zero-order valence-electron chi connectivity index (χ0n) is 9.14. The molecule has 0 spiro atoms. The maximum absolute atomic E-state index is 4.38. The van der Waals surface area contributed by atoms with Gasteiger partial charge in [-0.25, -0.2) is 9.97 Å². The highest BCUT2D eigenvalue weighted by Crippen LogP contribution is 2.23. The average Bonchev–Trinajstić information content (AvgIpc) is 2.78. The Hall–Kier alpha value is -1.10. The summed E-state index contributed by atoms with van der Waals surface area (Å²) in [5, 5.41) is 4.42. The molecule has 2 aromatic heterocycles. The lowest BCUT2D eigenvalue weighted by Crippen LogP contribution is -2.20. The van der Waals surface area contributed by atoms with Crippen molar-refractivity contribution in [1.29, 1.82) is 0 Å². The van der Waals surface area contributed by atoms with Gasteiger partial charge in [-0.15, -0.1) is 24.8 Å². The number of nitrogens with one attached hydrogen (secondary N) is 2. The number of hydrogen-bond donors (Lipinski definition) is 2. The van der Waals surface area contributed by atoms with Crippen molar-refractivity contribution in [2.45, 2.75) is 6.42 Å². The van der Waals surface area contributed by atoms with Crippen LogP contribution in [-0.2, 0) is 0 Å². The van der Waals surface area contributed by atoms with Gasteiger partial charge >= 0.3 is 0 Å². The fourth-order valence-electron chi connectivity index (χ4n) is 1.97. The van der Waals surface area contributed by atoms with Gasteiger partial charge in [0.1, 0.15) is 12.0 Å². The lowest BCUT2D eigenvalue weighted by Gasteiger charge is -2.13. The number of rotatable bonds is 1. The maximum Gasteiger partial charge on any atom is 0.141 e. The highest BCUT2D eigenvalue weighted by atomic mass is 35.5. The molecule has 0 atom stereocenters. The third-order valence-electron chi connectivity index (χ3n) is 2.72. The summed E-state index contributed by atoms with van der Waals surface area (Å²) >= 11 is 0. The van der Waals surface area contributed by atoms with Gasteiger partial charge in [0.2, 0.25) is 0 Å². The van der Waals surface area contributed by atoms with Crippen LogP contribution in [0.4, 0.5) is 0 Å². The summed E-state index contributed by atoms with van der Waals surface area (Å²) in [4.78, 5) is 11.7. The Labute approximate surface area is 112 Å². The first-order valence-electron chi connectivity index (χ1n) is 5.13. The summed E-state index contributed by atoms with van der Waals surface area (Å²) in [5.41, 5.74) is 3.31. The van der Waals surface area contributed by atoms with Gasteiger partial charge in [0.05, 0.1) is 5.69 Å². The van der Waals surface area contributed by atoms with Crippen molar-refractivity contribution in [2.75, 3.05) is 13.1 Å². The second kappa shape index (κ2) is 6.00. The molecule has 3 heterocycles. The van der Waals surface area contributed by atoms with Crippen LogP contribution in [0.3, 0.4) is 0 Å². The molecule has 1 aliphatic heterocycles. The molecule has 0 saturated carbocycles. The van der Waals surface area contributed by atoms with Crippen LogP contribution in [0.25, 0.3) is 16.6 Å². The molecule has 6 heteroatoms. The van der Waals surface area contributed by atoms with Gasteiger partial charge in [0.15, 0.2) is 0 Å². The van der Waals surface area contributed by atoms with E-state index in [2.05, 4.69) is 26.3 Å². The molecule has 0 fully saturated rings. The lowest BCUT2D eigenvalue weighted by atomic mass is 10.0. The van der Waals surface area contributed by atoms with Crippen LogP contribution in [-0.4, -0.2) is 28.0 Å². The predicted octanol–water partition coefficient (Wildman–Crippen LogP) is 2.18. The Kier molecular flexibility index (Phi) is 4.93. The fraction of sp³-hybridized carbons (Fsp3) is 0.273. The maximum atomic E-state index is 4.38. The number of hydrogen-bond acceptors (Lipinski definition) is 3. The van der Waals surface area contributed by atoms with E-state index in [0.717, 1.165) is 36.2 Å². The van der Waals surface area contributed by atoms with Gasteiger partial charge in [0.25, 0.3) is 0 Å². The van der Waals surface area contributed by atoms with Crippen molar-refractivity contribution in [3.05, 3.63) is 30.4 Å². The standard InChI is InChI=1S/C11H12N4.2ClH/c1-4-12-5-2-8(1)10-9-3-6-13-11(9)15-7-14-10;;/h1,3,6-7,12H,2,4-5H2,(H,13,14,15);2*1H. The highest BCUT2D eigenvalue weighted by Gasteiger charge is 2.11. The molecule has 4 nitrogen and oxygen atoms in total. The number of aromatic nitrogens is 3. The van der Waals surface area contributed by atoms with Gasteiger partial charge in [-0.2, -0.15) is 0 Å². The monoisotopic (exact) mass is 272 g/mol. The summed E-state index contributed by atoms with van der Waals surface area (Å²) in [6.45, 7) is 1.97. The first-order valence-corrected chi connectivity index (χ1v) is 5.13. The molecule has 92 valence electrons. The molecule has 2 aromatic rings. The van der Waals surface area contributed by atoms with Crippen LogP contribution in [0.15, 0.2) is 24.7 Å². The molecule has 2 N–H and O–H groups in total. The van der Waals surface area contributed by atoms with Gasteiger partial charge in [0, 0.05) is 18.1 Å². The summed E-state index contributed by atoms with van der Waals surface area (Å²) in [7, 11) is 0. The number of aromatic amines is 1. The minimum Gasteiger partial charge on any atom is -0.346 e. The Morgan fingerprint density at radius 1 is 1.18 bits per heavy atom. The Bertz CT molecular complexity index is 521. The van der Waals surface area contributed by atoms with Crippen molar-refractivity contribution in [3.63, 3.8) is 0 Å². The molecule has 0 saturated heterocycles. The van der Waals surface area contributed by atoms with E-state index in [1.807, 2.05) is 12.3 Å². The molecule has 0 unspecified atom stereocenters. The summed E-state index contributed by atoms with van der Waals surface area (Å²) < 4.78 is 0. The third kappa shape index (κ3) is 2.60. The molecule has 0 amide bonds. The zero-order chi connectivity index (χ0) is 10.1. The van der Waals surface area contributed by atoms with E-state index < -0.39 is 0 Å². The molecule has 3 rings (SSSR count). The fourth-order valence-corrected chi connectivity index (χ4v) is 1.97. The molecule has 0 radical (unpaired) electrons. The van der Waals surface area contributed by atoms with E-state index in [0.29, 0.717) is 0 Å². The van der Waals surface area contributed by atoms with Crippen molar-refractivity contribution in [1.82, 2.24) is 20.3 Å². The molecular formula is C11H14Cl2N4. The Morgan fingerprint density at radius 3 is 2.82 bits per heavy atom. The van der Waals surface area contributed by atoms with Crippen LogP contribution < -0.4 is 5.32 Å². The van der Waals surface area contributed by atoms with Crippen molar-refractivity contribution in [3.8, 4) is 0 Å². The smallest absolute Gasteiger partial charge is 0.141 e. The number of halogens is 2. The molecule has 1 aliphatic rings. The van der Waals surface area contributed by atoms with E-state index in [4.69, 9.17) is 0 Å². The van der Waals surface area contributed by atoms with Crippen LogP contribution in [0.1, 0.15) is 12.1 Å². The van der Waals surface area contributed by atoms with Crippen LogP contribution in [0.2, 0.25) is 0 Å². The Morgan fingerprint density at radius 2 is 2.06 bits per heavy atom. The number of H-pyrrole nitrogens is 1. The summed E-state index contributed by atoms with van der Waals surface area (Å²) in [6, 6.07) is 2.04. The van der Waals surface area contributed by atoms with Crippen molar-refractivity contribution < 1.29 is 0 Å². The van der Waals surface area contributed by atoms with Gasteiger partial charge < -0.3 is 10.3 Å². The van der Waals surface area contributed by atoms with E-state index in [-0.39, 0.29) is 24.8 Å². The average molecular weight is 273 g/mol. The van der Waals surface area contributed by atoms with Crippen LogP contribution in [0.5, 0.6) is 0 Å². The predicted molar refractivity (Wildman–Crippen MR) is 73.8 cm³/mol. The van der Waals surface area contributed by atoms with Gasteiger partial charge in [-0.3, -0.25) is 0 Å². The van der Waals surface area contributed by atoms with Gasteiger partial charge in [-0.1, -0.05) is 6.08 Å². The van der Waals surface area contributed by atoms with Crippen molar-refractivity contribution >= 4 is 41.4 Å². The molecule has 0 bridgehead atoms. The van der Waals surface area contributed by atoms with Crippen molar-refractivity contribution in [2.24, 2.45) is 0 Å². The minimum atomic E-state index is 0. The summed E-state index contributed by atoms with van der Waals surface area (Å²) in [6.07, 6.45) is 6.77. The second-order valence-electron chi connectivity index (χ2n) is 3.65. The van der Waals surface area contributed by atoms with E-state index in [9.17, 15) is 0 Å². The third-order valence-corrected chi connectivity index (χ3v) is 2.72. The minimum absolute atomic E-state index is 0. The van der Waals surface area contributed by atoms with Crippen LogP contribution in [0, 0.1) is 0 Å². The first kappa shape index (κ1) is 14.0. The normalized spacial score (nSPS) is 14.7. The molecule has 0 aliphatic carbocycles. The van der Waals surface area contributed by atoms with E-state index in [1.165, 1.54) is 5.57 Å². The van der Waals surface area contributed by atoms with E-state index in [1.54, 1.807) is 6.33 Å². The topological polar surface area (TPSA) is 53.6 Å². The molecular weight excluding hydrogens is 259 g/mol. The summed E-state index contributed by atoms with van der Waals surface area (Å²) in [5.74, 6) is 0. The number of nitrogens with zero attached hydrogens (tertiary/aromatic N) is 2. The molecule has 0 aromatic carbocycles. The number of fused-ring (bicyclic) bond motifs is 1. The molecule has 17 heavy (non-hydrogen) atoms. The van der Waals surface area contributed by atoms with Gasteiger partial charge in [-0.05, 0) is 24.6 Å². The van der Waals surface area contributed by atoms with E-state index >= 15 is 0 Å². The second-order valence-corrected chi connectivity index (χ2v) is 3.65. The quantitative estimate of drug-likeness (QED) is 0.837. The Balaban J connectivity index is 0.000000722. The largest absolute Gasteiger partial charge is 0.346 e.